The molecule has 10 heteroatoms. The smallest absolute Gasteiger partial charge is 0.354 e. The van der Waals surface area contributed by atoms with Gasteiger partial charge in [-0.15, -0.1) is 0 Å². The second-order valence-electron chi connectivity index (χ2n) is 8.07. The first-order valence-electron chi connectivity index (χ1n) is 10.4. The summed E-state index contributed by atoms with van der Waals surface area (Å²) in [5.74, 6) is -0.543. The van der Waals surface area contributed by atoms with Crippen molar-refractivity contribution in [2.24, 2.45) is 0 Å². The molecular weight excluding hydrogens is 432 g/mol. The van der Waals surface area contributed by atoms with Gasteiger partial charge in [-0.25, -0.2) is 4.79 Å². The molecule has 4 heterocycles. The third-order valence-electron chi connectivity index (χ3n) is 6.11. The number of carbonyl (C=O) groups excluding carboxylic acids is 3. The highest BCUT2D eigenvalue weighted by molar-refractivity contribution is 7.08. The van der Waals surface area contributed by atoms with Crippen LogP contribution in [0.15, 0.2) is 45.6 Å². The molecule has 1 aromatic carbocycles. The molecule has 9 nitrogen and oxygen atoms in total. The van der Waals surface area contributed by atoms with E-state index in [1.807, 2.05) is 16.8 Å². The van der Waals surface area contributed by atoms with Gasteiger partial charge in [0.1, 0.15) is 0 Å². The van der Waals surface area contributed by atoms with Gasteiger partial charge in [-0.05, 0) is 36.4 Å². The third-order valence-corrected chi connectivity index (χ3v) is 6.79. The monoisotopic (exact) mass is 450 g/mol. The molecule has 1 saturated heterocycles. The van der Waals surface area contributed by atoms with Gasteiger partial charge in [0, 0.05) is 24.3 Å². The van der Waals surface area contributed by atoms with E-state index >= 15 is 0 Å². The van der Waals surface area contributed by atoms with E-state index in [0.717, 1.165) is 18.4 Å². The zero-order valence-corrected chi connectivity index (χ0v) is 17.7. The maximum absolute atomic E-state index is 13.6. The molecule has 2 amide bonds. The first-order valence-corrected chi connectivity index (χ1v) is 11.3. The number of nitrogens with zero attached hydrogens (tertiary/aromatic N) is 4. The van der Waals surface area contributed by atoms with Crippen LogP contribution in [-0.2, 0) is 20.9 Å². The quantitative estimate of drug-likeness (QED) is 0.550. The van der Waals surface area contributed by atoms with Gasteiger partial charge >= 0.3 is 5.97 Å². The first-order chi connectivity index (χ1) is 15.6. The van der Waals surface area contributed by atoms with E-state index in [1.165, 1.54) is 16.2 Å². The first kappa shape index (κ1) is 19.2. The Bertz CT molecular complexity index is 1230. The Kier molecular flexibility index (Phi) is 4.19. The van der Waals surface area contributed by atoms with Crippen molar-refractivity contribution in [1.29, 1.82) is 0 Å². The second kappa shape index (κ2) is 6.99. The minimum atomic E-state index is -1.48. The fraction of sp³-hybridized carbons (Fsp3) is 0.318. The SMILES string of the molecule is O=C1CCC2(C(=O)OCc3noc(-c4ccsc4)n3)N1c1ccccc1C(=O)N2C1CC1. The van der Waals surface area contributed by atoms with Crippen molar-refractivity contribution >= 4 is 34.8 Å². The summed E-state index contributed by atoms with van der Waals surface area (Å²) >= 11 is 1.51. The lowest BCUT2D eigenvalue weighted by atomic mass is 9.96. The van der Waals surface area contributed by atoms with Gasteiger partial charge in [-0.2, -0.15) is 16.3 Å². The van der Waals surface area contributed by atoms with Gasteiger partial charge in [0.15, 0.2) is 6.61 Å². The van der Waals surface area contributed by atoms with Crippen molar-refractivity contribution in [1.82, 2.24) is 15.0 Å². The number of thiophene rings is 1. The lowest BCUT2D eigenvalue weighted by molar-refractivity contribution is -0.159. The maximum Gasteiger partial charge on any atom is 0.354 e. The Hall–Kier alpha value is -3.53. The number of carbonyl (C=O) groups is 3. The van der Waals surface area contributed by atoms with Gasteiger partial charge < -0.3 is 14.2 Å². The van der Waals surface area contributed by atoms with E-state index in [0.29, 0.717) is 17.1 Å². The molecule has 1 atom stereocenters. The van der Waals surface area contributed by atoms with E-state index in [-0.39, 0.29) is 43.1 Å². The van der Waals surface area contributed by atoms with Crippen LogP contribution >= 0.6 is 11.3 Å². The van der Waals surface area contributed by atoms with Gasteiger partial charge in [-0.1, -0.05) is 17.3 Å². The van der Waals surface area contributed by atoms with E-state index in [1.54, 1.807) is 29.2 Å². The molecule has 0 radical (unpaired) electrons. The molecule has 32 heavy (non-hydrogen) atoms. The maximum atomic E-state index is 13.6. The molecule has 3 aromatic rings. The number of ether oxygens (including phenoxy) is 1. The molecule has 2 aliphatic heterocycles. The topological polar surface area (TPSA) is 106 Å². The molecule has 1 unspecified atom stereocenters. The van der Waals surface area contributed by atoms with Crippen LogP contribution < -0.4 is 4.90 Å². The van der Waals surface area contributed by atoms with Crippen LogP contribution in [0.3, 0.4) is 0 Å². The fourth-order valence-electron chi connectivity index (χ4n) is 4.57. The predicted octanol–water partition coefficient (Wildman–Crippen LogP) is 2.98. The van der Waals surface area contributed by atoms with Crippen LogP contribution in [0, 0.1) is 0 Å². The zero-order valence-electron chi connectivity index (χ0n) is 16.9. The van der Waals surface area contributed by atoms with Crippen LogP contribution in [-0.4, -0.2) is 44.5 Å². The third kappa shape index (κ3) is 2.72. The summed E-state index contributed by atoms with van der Waals surface area (Å²) in [5, 5.41) is 7.66. The number of hydrogen-bond donors (Lipinski definition) is 0. The van der Waals surface area contributed by atoms with Crippen molar-refractivity contribution in [3.05, 3.63) is 52.5 Å². The van der Waals surface area contributed by atoms with Gasteiger partial charge in [0.2, 0.25) is 17.4 Å². The number of rotatable bonds is 5. The summed E-state index contributed by atoms with van der Waals surface area (Å²) in [6, 6.07) is 8.68. The Labute approximate surface area is 186 Å². The molecule has 0 N–H and O–H groups in total. The van der Waals surface area contributed by atoms with Gasteiger partial charge in [-0.3, -0.25) is 14.5 Å². The van der Waals surface area contributed by atoms with E-state index in [9.17, 15) is 14.4 Å². The summed E-state index contributed by atoms with van der Waals surface area (Å²) in [6.45, 7) is -0.218. The van der Waals surface area contributed by atoms with Crippen LogP contribution in [0.25, 0.3) is 11.5 Å². The normalized spacial score (nSPS) is 22.1. The van der Waals surface area contributed by atoms with Gasteiger partial charge in [0.05, 0.1) is 16.8 Å². The predicted molar refractivity (Wildman–Crippen MR) is 112 cm³/mol. The number of benzene rings is 1. The number of amides is 2. The standard InChI is InChI=1S/C22H18N4O5S/c27-18-7-9-22(21(29)30-11-17-23-19(31-24-17)13-8-10-32-12-13)25(14-5-6-14)20(28)15-3-1-2-4-16(15)26(18)22/h1-4,8,10,12,14H,5-7,9,11H2. The highest BCUT2D eigenvalue weighted by atomic mass is 32.1. The van der Waals surface area contributed by atoms with Crippen LogP contribution in [0.1, 0.15) is 41.9 Å². The molecule has 162 valence electrons. The molecule has 0 spiro atoms. The summed E-state index contributed by atoms with van der Waals surface area (Å²) in [5.41, 5.74) is 0.189. The lowest BCUT2D eigenvalue weighted by Gasteiger charge is -2.48. The number of aromatic nitrogens is 2. The van der Waals surface area contributed by atoms with Crippen molar-refractivity contribution in [2.45, 2.75) is 44.0 Å². The summed E-state index contributed by atoms with van der Waals surface area (Å²) in [4.78, 5) is 47.2. The Morgan fingerprint density at radius 1 is 1.25 bits per heavy atom. The average Bonchev–Trinajstić information content (AvgIpc) is 3.19. The Balaban J connectivity index is 1.33. The molecule has 1 aliphatic carbocycles. The molecule has 6 rings (SSSR count). The van der Waals surface area contributed by atoms with Crippen molar-refractivity contribution in [3.8, 4) is 11.5 Å². The van der Waals surface area contributed by atoms with E-state index in [4.69, 9.17) is 9.26 Å². The Morgan fingerprint density at radius 3 is 2.88 bits per heavy atom. The Morgan fingerprint density at radius 2 is 2.09 bits per heavy atom. The number of para-hydroxylation sites is 1. The molecule has 0 bridgehead atoms. The van der Waals surface area contributed by atoms with E-state index in [2.05, 4.69) is 10.1 Å². The molecule has 2 aromatic heterocycles. The van der Waals surface area contributed by atoms with Crippen molar-refractivity contribution in [3.63, 3.8) is 0 Å². The summed E-state index contributed by atoms with van der Waals surface area (Å²) < 4.78 is 10.9. The molecular formula is C22H18N4O5S. The number of esters is 1. The van der Waals surface area contributed by atoms with Crippen molar-refractivity contribution in [2.75, 3.05) is 4.90 Å². The second-order valence-corrected chi connectivity index (χ2v) is 8.85. The van der Waals surface area contributed by atoms with Crippen LogP contribution in [0.2, 0.25) is 0 Å². The highest BCUT2D eigenvalue weighted by Crippen LogP contribution is 2.49. The number of anilines is 1. The number of hydrogen-bond acceptors (Lipinski definition) is 8. The van der Waals surface area contributed by atoms with E-state index < -0.39 is 11.6 Å². The molecule has 3 aliphatic rings. The largest absolute Gasteiger partial charge is 0.454 e. The zero-order chi connectivity index (χ0) is 21.9. The van der Waals surface area contributed by atoms with Gasteiger partial charge in [0.25, 0.3) is 11.8 Å². The van der Waals surface area contributed by atoms with Crippen LogP contribution in [0.4, 0.5) is 5.69 Å². The fourth-order valence-corrected chi connectivity index (χ4v) is 5.20. The minimum absolute atomic E-state index is 0.0906. The lowest BCUT2D eigenvalue weighted by Crippen LogP contribution is -2.69. The highest BCUT2D eigenvalue weighted by Gasteiger charge is 2.64. The van der Waals surface area contributed by atoms with Crippen LogP contribution in [0.5, 0.6) is 0 Å². The summed E-state index contributed by atoms with van der Waals surface area (Å²) in [7, 11) is 0. The summed E-state index contributed by atoms with van der Waals surface area (Å²) in [6.07, 6.45) is 1.93. The number of fused-ring (bicyclic) bond motifs is 3. The molecule has 1 saturated carbocycles. The molecule has 2 fully saturated rings. The average molecular weight is 450 g/mol. The van der Waals surface area contributed by atoms with Crippen molar-refractivity contribution < 1.29 is 23.6 Å². The minimum Gasteiger partial charge on any atom is -0.454 e.